The van der Waals surface area contributed by atoms with E-state index in [0.29, 0.717) is 0 Å². The molecule has 0 radical (unpaired) electrons. The Bertz CT molecular complexity index is 57.5. The monoisotopic (exact) mass is 132 g/mol. The van der Waals surface area contributed by atoms with Gasteiger partial charge in [0.1, 0.15) is 0 Å². The lowest BCUT2D eigenvalue weighted by atomic mass is 10.3. The van der Waals surface area contributed by atoms with Crippen LogP contribution in [0.2, 0.25) is 0 Å². The Hall–Kier alpha value is 0.310. The van der Waals surface area contributed by atoms with E-state index >= 15 is 0 Å². The summed E-state index contributed by atoms with van der Waals surface area (Å²) in [4.78, 5) is 0. The highest BCUT2D eigenvalue weighted by Crippen LogP contribution is 2.12. The van der Waals surface area contributed by atoms with Crippen molar-refractivity contribution in [1.82, 2.24) is 0 Å². The molecule has 1 saturated heterocycles. The molecule has 0 spiro atoms. The lowest BCUT2D eigenvalue weighted by molar-refractivity contribution is -0.650. The molecule has 1 unspecified atom stereocenters. The first kappa shape index (κ1) is 6.43. The van der Waals surface area contributed by atoms with Crippen LogP contribution in [0.15, 0.2) is 0 Å². The molecular formula is C6H14NS+. The zero-order chi connectivity index (χ0) is 5.82. The minimum atomic E-state index is 0.911. The molecule has 1 heterocycles. The minimum Gasteiger partial charge on any atom is -0.346 e. The van der Waals surface area contributed by atoms with Crippen LogP contribution in [0.25, 0.3) is 0 Å². The standard InChI is InChI=1S/C6H13NS/c1-6-2-3-7-4-5-8-6/h6-7H,2-5H2,1H3/p+1. The molecule has 1 nitrogen and oxygen atoms in total. The van der Waals surface area contributed by atoms with Crippen molar-refractivity contribution < 1.29 is 5.32 Å². The Morgan fingerprint density at radius 2 is 2.38 bits per heavy atom. The molecule has 0 saturated carbocycles. The average molecular weight is 132 g/mol. The number of hydrogen-bond acceptors (Lipinski definition) is 1. The topological polar surface area (TPSA) is 16.6 Å². The molecule has 0 aromatic heterocycles. The summed E-state index contributed by atoms with van der Waals surface area (Å²) in [6.45, 7) is 4.99. The highest BCUT2D eigenvalue weighted by Gasteiger charge is 2.07. The second kappa shape index (κ2) is 3.36. The number of hydrogen-bond donors (Lipinski definition) is 1. The predicted molar refractivity (Wildman–Crippen MR) is 38.2 cm³/mol. The fraction of sp³-hybridized carbons (Fsp3) is 1.00. The van der Waals surface area contributed by atoms with E-state index in [1.54, 1.807) is 0 Å². The molecular weight excluding hydrogens is 118 g/mol. The van der Waals surface area contributed by atoms with E-state index in [0.717, 1.165) is 5.25 Å². The third-order valence-electron chi connectivity index (χ3n) is 1.50. The largest absolute Gasteiger partial charge is 0.346 e. The van der Waals surface area contributed by atoms with Gasteiger partial charge in [0.25, 0.3) is 0 Å². The van der Waals surface area contributed by atoms with E-state index in [1.165, 1.54) is 25.3 Å². The van der Waals surface area contributed by atoms with Crippen LogP contribution < -0.4 is 5.32 Å². The summed E-state index contributed by atoms with van der Waals surface area (Å²) in [5.74, 6) is 1.35. The van der Waals surface area contributed by atoms with Crippen LogP contribution >= 0.6 is 11.8 Å². The Balaban J connectivity index is 2.17. The molecule has 2 N–H and O–H groups in total. The van der Waals surface area contributed by atoms with Gasteiger partial charge in [-0.2, -0.15) is 11.8 Å². The highest BCUT2D eigenvalue weighted by atomic mass is 32.2. The van der Waals surface area contributed by atoms with E-state index < -0.39 is 0 Å². The van der Waals surface area contributed by atoms with Crippen molar-refractivity contribution in [3.05, 3.63) is 0 Å². The van der Waals surface area contributed by atoms with E-state index in [4.69, 9.17) is 0 Å². The SMILES string of the molecule is CC1CC[NH2+]CCS1. The molecule has 1 fully saturated rings. The minimum absolute atomic E-state index is 0.911. The van der Waals surface area contributed by atoms with Crippen LogP contribution in [0.3, 0.4) is 0 Å². The van der Waals surface area contributed by atoms with Gasteiger partial charge < -0.3 is 5.32 Å². The molecule has 1 rings (SSSR count). The summed E-state index contributed by atoms with van der Waals surface area (Å²) in [5.41, 5.74) is 0. The van der Waals surface area contributed by atoms with Crippen LogP contribution in [0.1, 0.15) is 13.3 Å². The van der Waals surface area contributed by atoms with Gasteiger partial charge in [-0.25, -0.2) is 0 Å². The summed E-state index contributed by atoms with van der Waals surface area (Å²) in [7, 11) is 0. The zero-order valence-electron chi connectivity index (χ0n) is 5.39. The smallest absolute Gasteiger partial charge is 0.0847 e. The molecule has 0 bridgehead atoms. The third kappa shape index (κ3) is 2.05. The number of nitrogens with two attached hydrogens (primary N) is 1. The Kier molecular flexibility index (Phi) is 2.70. The molecule has 2 heteroatoms. The third-order valence-corrected chi connectivity index (χ3v) is 2.78. The maximum absolute atomic E-state index is 2.41. The first-order valence-corrected chi connectivity index (χ1v) is 4.38. The molecule has 0 aromatic rings. The van der Waals surface area contributed by atoms with Crippen LogP contribution in [0, 0.1) is 0 Å². The van der Waals surface area contributed by atoms with Gasteiger partial charge in [-0.3, -0.25) is 0 Å². The Morgan fingerprint density at radius 1 is 1.50 bits per heavy atom. The van der Waals surface area contributed by atoms with E-state index in [1.807, 2.05) is 0 Å². The van der Waals surface area contributed by atoms with Gasteiger partial charge in [-0.05, 0) is 0 Å². The molecule has 0 aliphatic carbocycles. The van der Waals surface area contributed by atoms with Crippen LogP contribution in [0.4, 0.5) is 0 Å². The predicted octanol–water partition coefficient (Wildman–Crippen LogP) is 0.0752. The fourth-order valence-electron chi connectivity index (χ4n) is 0.933. The number of rotatable bonds is 0. The van der Waals surface area contributed by atoms with Crippen molar-refractivity contribution in [3.63, 3.8) is 0 Å². The van der Waals surface area contributed by atoms with Gasteiger partial charge in [0.2, 0.25) is 0 Å². The Labute approximate surface area is 55.2 Å². The molecule has 1 atom stereocenters. The van der Waals surface area contributed by atoms with E-state index in [9.17, 15) is 0 Å². The van der Waals surface area contributed by atoms with Crippen molar-refractivity contribution >= 4 is 11.8 Å². The van der Waals surface area contributed by atoms with E-state index in [2.05, 4.69) is 24.0 Å². The van der Waals surface area contributed by atoms with Gasteiger partial charge in [-0.1, -0.05) is 6.92 Å². The maximum Gasteiger partial charge on any atom is 0.0847 e. The molecule has 0 aromatic carbocycles. The normalized spacial score (nSPS) is 31.9. The van der Waals surface area contributed by atoms with E-state index in [-0.39, 0.29) is 0 Å². The van der Waals surface area contributed by atoms with Gasteiger partial charge in [0.15, 0.2) is 0 Å². The summed E-state index contributed by atoms with van der Waals surface area (Å²) >= 11 is 2.11. The van der Waals surface area contributed by atoms with Gasteiger partial charge in [0.05, 0.1) is 13.1 Å². The first-order chi connectivity index (χ1) is 3.89. The highest BCUT2D eigenvalue weighted by molar-refractivity contribution is 7.99. The van der Waals surface area contributed by atoms with Crippen molar-refractivity contribution in [2.75, 3.05) is 18.8 Å². The molecule has 8 heavy (non-hydrogen) atoms. The molecule has 0 amide bonds. The van der Waals surface area contributed by atoms with Crippen LogP contribution in [-0.4, -0.2) is 24.1 Å². The van der Waals surface area contributed by atoms with Crippen molar-refractivity contribution in [1.29, 1.82) is 0 Å². The Morgan fingerprint density at radius 3 is 3.25 bits per heavy atom. The van der Waals surface area contributed by atoms with Crippen molar-refractivity contribution in [3.8, 4) is 0 Å². The quantitative estimate of drug-likeness (QED) is 0.493. The molecule has 1 aliphatic heterocycles. The maximum atomic E-state index is 2.41. The summed E-state index contributed by atoms with van der Waals surface area (Å²) < 4.78 is 0. The number of quaternary nitrogens is 1. The molecule has 1 aliphatic rings. The van der Waals surface area contributed by atoms with Crippen molar-refractivity contribution in [2.24, 2.45) is 0 Å². The lowest BCUT2D eigenvalue weighted by Crippen LogP contribution is -2.84. The van der Waals surface area contributed by atoms with Gasteiger partial charge in [0, 0.05) is 17.4 Å². The van der Waals surface area contributed by atoms with Gasteiger partial charge >= 0.3 is 0 Å². The van der Waals surface area contributed by atoms with Crippen LogP contribution in [-0.2, 0) is 0 Å². The lowest BCUT2D eigenvalue weighted by Gasteiger charge is -2.00. The summed E-state index contributed by atoms with van der Waals surface area (Å²) in [6.07, 6.45) is 1.39. The van der Waals surface area contributed by atoms with Gasteiger partial charge in [-0.15, -0.1) is 0 Å². The fourth-order valence-corrected chi connectivity index (χ4v) is 1.94. The van der Waals surface area contributed by atoms with Crippen LogP contribution in [0.5, 0.6) is 0 Å². The second-order valence-corrected chi connectivity index (χ2v) is 3.88. The molecule has 48 valence electrons. The average Bonchev–Trinajstić information content (AvgIpc) is 1.94. The first-order valence-electron chi connectivity index (χ1n) is 3.33. The number of thioether (sulfide) groups is 1. The zero-order valence-corrected chi connectivity index (χ0v) is 6.21. The second-order valence-electron chi connectivity index (χ2n) is 2.34. The van der Waals surface area contributed by atoms with Crippen molar-refractivity contribution in [2.45, 2.75) is 18.6 Å². The summed E-state index contributed by atoms with van der Waals surface area (Å²) in [5, 5.41) is 3.32. The summed E-state index contributed by atoms with van der Waals surface area (Å²) in [6, 6.07) is 0.